The van der Waals surface area contributed by atoms with Crippen molar-refractivity contribution in [3.05, 3.63) is 34.6 Å². The van der Waals surface area contributed by atoms with E-state index in [2.05, 4.69) is 10.3 Å². The van der Waals surface area contributed by atoms with E-state index < -0.39 is 29.5 Å². The molecule has 120 valence electrons. The van der Waals surface area contributed by atoms with Gasteiger partial charge in [-0.1, -0.05) is 17.3 Å². The third kappa shape index (κ3) is 2.56. The summed E-state index contributed by atoms with van der Waals surface area (Å²) in [5, 5.41) is 19.2. The number of fused-ring (bicyclic) bond motifs is 1. The van der Waals surface area contributed by atoms with Crippen LogP contribution < -0.4 is 10.7 Å². The summed E-state index contributed by atoms with van der Waals surface area (Å²) in [6.45, 7) is 1.84. The van der Waals surface area contributed by atoms with Crippen molar-refractivity contribution in [3.8, 4) is 0 Å². The van der Waals surface area contributed by atoms with Crippen molar-refractivity contribution < 1.29 is 14.7 Å². The highest BCUT2D eigenvalue weighted by Crippen LogP contribution is 2.20. The second kappa shape index (κ2) is 5.79. The van der Waals surface area contributed by atoms with Gasteiger partial charge in [0, 0.05) is 6.54 Å². The van der Waals surface area contributed by atoms with Gasteiger partial charge in [-0.2, -0.15) is 4.68 Å². The molecule has 2 atom stereocenters. The zero-order valence-electron chi connectivity index (χ0n) is 12.5. The number of rotatable bonds is 3. The first-order valence-corrected chi connectivity index (χ1v) is 7.36. The summed E-state index contributed by atoms with van der Waals surface area (Å²) < 4.78 is 0.995. The molecule has 1 aliphatic heterocycles. The van der Waals surface area contributed by atoms with Crippen LogP contribution in [-0.2, 0) is 9.59 Å². The average Bonchev–Trinajstić information content (AvgIpc) is 3.04. The standard InChI is InChI=1S/C15H16N4O4/c1-9(13(20)18-8-4-7-12(18)15(22)23)19-14(21)10-5-2-3-6-11(10)16-17-19/h2-3,5-6,9,12H,4,7-8H2,1H3,(H,22,23)/p-1/t9-,12+/m0/s1. The molecule has 3 rings (SSSR count). The Morgan fingerprint density at radius 3 is 2.83 bits per heavy atom. The minimum Gasteiger partial charge on any atom is -0.548 e. The molecular weight excluding hydrogens is 300 g/mol. The van der Waals surface area contributed by atoms with Crippen molar-refractivity contribution in [2.45, 2.75) is 31.8 Å². The monoisotopic (exact) mass is 315 g/mol. The zero-order valence-corrected chi connectivity index (χ0v) is 12.5. The lowest BCUT2D eigenvalue weighted by atomic mass is 10.2. The predicted octanol–water partition coefficient (Wildman–Crippen LogP) is -0.907. The number of carboxylic acid groups (broad SMARTS) is 1. The number of aromatic nitrogens is 3. The molecule has 1 saturated heterocycles. The summed E-state index contributed by atoms with van der Waals surface area (Å²) in [7, 11) is 0. The van der Waals surface area contributed by atoms with Crippen molar-refractivity contribution in [2.24, 2.45) is 0 Å². The predicted molar refractivity (Wildman–Crippen MR) is 78.3 cm³/mol. The van der Waals surface area contributed by atoms with Gasteiger partial charge in [-0.15, -0.1) is 5.10 Å². The molecule has 8 heteroatoms. The number of likely N-dealkylation sites (tertiary alicyclic amines) is 1. The maximum Gasteiger partial charge on any atom is 0.278 e. The van der Waals surface area contributed by atoms with E-state index >= 15 is 0 Å². The van der Waals surface area contributed by atoms with Crippen molar-refractivity contribution in [1.82, 2.24) is 19.9 Å². The fraction of sp³-hybridized carbons (Fsp3) is 0.400. The summed E-state index contributed by atoms with van der Waals surface area (Å²) >= 11 is 0. The van der Waals surface area contributed by atoms with Crippen molar-refractivity contribution in [2.75, 3.05) is 6.54 Å². The van der Waals surface area contributed by atoms with E-state index in [1.54, 1.807) is 24.3 Å². The fourth-order valence-corrected chi connectivity index (χ4v) is 2.88. The average molecular weight is 315 g/mol. The SMILES string of the molecule is C[C@@H](C(=O)N1CCC[C@@H]1C(=O)[O-])n1nnc2ccccc2c1=O. The van der Waals surface area contributed by atoms with Gasteiger partial charge in [0.1, 0.15) is 11.6 Å². The molecule has 2 aromatic rings. The number of hydrogen-bond donors (Lipinski definition) is 0. The van der Waals surface area contributed by atoms with Crippen LogP contribution in [0.2, 0.25) is 0 Å². The summed E-state index contributed by atoms with van der Waals surface area (Å²) in [5.41, 5.74) is 0.0165. The van der Waals surface area contributed by atoms with Gasteiger partial charge in [0.15, 0.2) is 0 Å². The zero-order chi connectivity index (χ0) is 16.6. The van der Waals surface area contributed by atoms with Crippen LogP contribution in [0.4, 0.5) is 0 Å². The smallest absolute Gasteiger partial charge is 0.278 e. The molecule has 0 radical (unpaired) electrons. The van der Waals surface area contributed by atoms with Gasteiger partial charge in [0.25, 0.3) is 5.56 Å². The van der Waals surface area contributed by atoms with Gasteiger partial charge < -0.3 is 14.8 Å². The summed E-state index contributed by atoms with van der Waals surface area (Å²) in [5.74, 6) is -1.75. The van der Waals surface area contributed by atoms with Crippen LogP contribution in [-0.4, -0.2) is 44.4 Å². The first-order chi connectivity index (χ1) is 11.0. The quantitative estimate of drug-likeness (QED) is 0.726. The molecule has 2 heterocycles. The van der Waals surface area contributed by atoms with Crippen LogP contribution in [0.15, 0.2) is 29.1 Å². The van der Waals surface area contributed by atoms with Crippen LogP contribution in [0.5, 0.6) is 0 Å². The fourth-order valence-electron chi connectivity index (χ4n) is 2.88. The number of amides is 1. The molecule has 1 aliphatic rings. The highest BCUT2D eigenvalue weighted by molar-refractivity contribution is 5.86. The van der Waals surface area contributed by atoms with Crippen molar-refractivity contribution >= 4 is 22.8 Å². The molecule has 1 fully saturated rings. The number of aliphatic carboxylic acids is 1. The Bertz CT molecular complexity index is 832. The number of carbonyl (C=O) groups excluding carboxylic acids is 2. The lowest BCUT2D eigenvalue weighted by molar-refractivity contribution is -0.310. The Kier molecular flexibility index (Phi) is 3.81. The molecule has 23 heavy (non-hydrogen) atoms. The number of nitrogens with zero attached hydrogens (tertiary/aromatic N) is 4. The molecular formula is C15H15N4O4-. The largest absolute Gasteiger partial charge is 0.548 e. The van der Waals surface area contributed by atoms with E-state index in [-0.39, 0.29) is 0 Å². The third-order valence-electron chi connectivity index (χ3n) is 4.12. The van der Waals surface area contributed by atoms with E-state index in [1.165, 1.54) is 11.8 Å². The van der Waals surface area contributed by atoms with Gasteiger partial charge in [-0.3, -0.25) is 9.59 Å². The van der Waals surface area contributed by atoms with Crippen LogP contribution in [0.3, 0.4) is 0 Å². The number of hydrogen-bond acceptors (Lipinski definition) is 6. The molecule has 0 bridgehead atoms. The number of carbonyl (C=O) groups is 2. The normalized spacial score (nSPS) is 19.0. The summed E-state index contributed by atoms with van der Waals surface area (Å²) in [4.78, 5) is 37.4. The molecule has 0 aliphatic carbocycles. The maximum absolute atomic E-state index is 12.6. The van der Waals surface area contributed by atoms with Crippen LogP contribution in [0.1, 0.15) is 25.8 Å². The highest BCUT2D eigenvalue weighted by Gasteiger charge is 2.33. The van der Waals surface area contributed by atoms with Crippen LogP contribution >= 0.6 is 0 Å². The topological polar surface area (TPSA) is 108 Å². The van der Waals surface area contributed by atoms with Gasteiger partial charge in [0.2, 0.25) is 5.91 Å². The number of benzene rings is 1. The van der Waals surface area contributed by atoms with Crippen molar-refractivity contribution in [3.63, 3.8) is 0 Å². The van der Waals surface area contributed by atoms with Gasteiger partial charge in [-0.25, -0.2) is 0 Å². The highest BCUT2D eigenvalue weighted by atomic mass is 16.4. The number of carboxylic acids is 1. The molecule has 1 amide bonds. The lowest BCUT2D eigenvalue weighted by Crippen LogP contribution is -2.49. The van der Waals surface area contributed by atoms with Gasteiger partial charge >= 0.3 is 0 Å². The molecule has 1 aromatic heterocycles. The second-order valence-corrected chi connectivity index (χ2v) is 5.54. The second-order valence-electron chi connectivity index (χ2n) is 5.54. The molecule has 0 spiro atoms. The Hall–Kier alpha value is -2.77. The Morgan fingerprint density at radius 2 is 2.09 bits per heavy atom. The maximum atomic E-state index is 12.6. The minimum absolute atomic E-state index is 0.331. The first-order valence-electron chi connectivity index (χ1n) is 7.36. The molecule has 0 saturated carbocycles. The Balaban J connectivity index is 1.95. The van der Waals surface area contributed by atoms with E-state index in [4.69, 9.17) is 0 Å². The molecule has 8 nitrogen and oxygen atoms in total. The van der Waals surface area contributed by atoms with E-state index in [0.29, 0.717) is 30.3 Å². The van der Waals surface area contributed by atoms with E-state index in [0.717, 1.165) is 4.68 Å². The van der Waals surface area contributed by atoms with E-state index in [9.17, 15) is 19.5 Å². The van der Waals surface area contributed by atoms with Crippen molar-refractivity contribution in [1.29, 1.82) is 0 Å². The van der Waals surface area contributed by atoms with Gasteiger partial charge in [-0.05, 0) is 31.9 Å². The van der Waals surface area contributed by atoms with Crippen LogP contribution in [0.25, 0.3) is 10.9 Å². The molecule has 1 aromatic carbocycles. The summed E-state index contributed by atoms with van der Waals surface area (Å²) in [6.07, 6.45) is 0.953. The lowest BCUT2D eigenvalue weighted by Gasteiger charge is -2.28. The minimum atomic E-state index is -1.28. The Morgan fingerprint density at radius 1 is 1.35 bits per heavy atom. The van der Waals surface area contributed by atoms with Crippen LogP contribution in [0, 0.1) is 0 Å². The molecule has 0 unspecified atom stereocenters. The summed E-state index contributed by atoms with van der Waals surface area (Å²) in [6, 6.07) is 4.83. The first kappa shape index (κ1) is 15.1. The molecule has 0 N–H and O–H groups in total. The Labute approximate surface area is 131 Å². The van der Waals surface area contributed by atoms with E-state index in [1.807, 2.05) is 0 Å². The third-order valence-corrected chi connectivity index (χ3v) is 4.12. The van der Waals surface area contributed by atoms with Gasteiger partial charge in [0.05, 0.1) is 17.4 Å².